The third-order valence-corrected chi connectivity index (χ3v) is 3.44. The lowest BCUT2D eigenvalue weighted by atomic mass is 10.1. The molecule has 2 rings (SSSR count). The Kier molecular flexibility index (Phi) is 3.19. The van der Waals surface area contributed by atoms with Crippen molar-refractivity contribution in [3.63, 3.8) is 0 Å². The highest BCUT2D eigenvalue weighted by Crippen LogP contribution is 2.32. The van der Waals surface area contributed by atoms with Crippen molar-refractivity contribution in [2.45, 2.75) is 6.92 Å². The highest BCUT2D eigenvalue weighted by atomic mass is 32.2. The van der Waals surface area contributed by atoms with Crippen LogP contribution in [0.2, 0.25) is 0 Å². The summed E-state index contributed by atoms with van der Waals surface area (Å²) in [5, 5.41) is 1.92. The van der Waals surface area contributed by atoms with E-state index in [0.717, 1.165) is 28.6 Å². The zero-order valence-electron chi connectivity index (χ0n) is 9.44. The number of thioether (sulfide) groups is 1. The molecule has 0 aromatic heterocycles. The summed E-state index contributed by atoms with van der Waals surface area (Å²) < 4.78 is 5.12. The number of nitrogens with one attached hydrogen (secondary N) is 1. The molecule has 1 aliphatic rings. The Morgan fingerprint density at radius 3 is 2.71 bits per heavy atom. The van der Waals surface area contributed by atoms with Gasteiger partial charge < -0.3 is 4.74 Å². The van der Waals surface area contributed by atoms with Crippen LogP contribution in [0.3, 0.4) is 0 Å². The van der Waals surface area contributed by atoms with E-state index in [1.165, 1.54) is 0 Å². The van der Waals surface area contributed by atoms with Crippen LogP contribution in [0, 0.1) is 0 Å². The molecule has 1 fully saturated rings. The first kappa shape index (κ1) is 11.7. The zero-order chi connectivity index (χ0) is 12.4. The maximum Gasteiger partial charge on any atom is 0.290 e. The van der Waals surface area contributed by atoms with Crippen molar-refractivity contribution in [2.75, 3.05) is 7.11 Å². The summed E-state index contributed by atoms with van der Waals surface area (Å²) in [6.07, 6.45) is 0. The van der Waals surface area contributed by atoms with Gasteiger partial charge in [-0.15, -0.1) is 0 Å². The monoisotopic (exact) mass is 249 g/mol. The van der Waals surface area contributed by atoms with Crippen LogP contribution in [0.25, 0.3) is 5.57 Å². The topological polar surface area (TPSA) is 55.4 Å². The van der Waals surface area contributed by atoms with Crippen molar-refractivity contribution < 1.29 is 14.3 Å². The predicted octanol–water partition coefficient (Wildman–Crippen LogP) is 2.41. The normalized spacial score (nSPS) is 18.0. The van der Waals surface area contributed by atoms with Gasteiger partial charge in [-0.25, -0.2) is 0 Å². The minimum atomic E-state index is -0.333. The van der Waals surface area contributed by atoms with Crippen molar-refractivity contribution in [3.8, 4) is 5.75 Å². The number of carbonyl (C=O) groups is 2. The Hall–Kier alpha value is -1.75. The molecular weight excluding hydrogens is 238 g/mol. The van der Waals surface area contributed by atoms with Gasteiger partial charge in [-0.2, -0.15) is 0 Å². The van der Waals surface area contributed by atoms with Gasteiger partial charge in [-0.05, 0) is 42.0 Å². The third kappa shape index (κ3) is 2.34. The summed E-state index contributed by atoms with van der Waals surface area (Å²) in [5.41, 5.74) is 1.65. The second-order valence-electron chi connectivity index (χ2n) is 3.53. The standard InChI is InChI=1S/C12H11NO3S/c1-7(10-11(14)13-12(15)17-10)8-4-3-5-9(6-8)16-2/h3-6H,1-2H3,(H,13,14,15). The molecule has 1 N–H and O–H groups in total. The quantitative estimate of drug-likeness (QED) is 0.818. The number of benzene rings is 1. The number of hydrogen-bond acceptors (Lipinski definition) is 4. The number of methoxy groups -OCH3 is 1. The molecule has 0 bridgehead atoms. The Morgan fingerprint density at radius 2 is 2.12 bits per heavy atom. The van der Waals surface area contributed by atoms with Crippen LogP contribution in [0.1, 0.15) is 12.5 Å². The van der Waals surface area contributed by atoms with Gasteiger partial charge in [-0.3, -0.25) is 14.9 Å². The Balaban J connectivity index is 2.42. The SMILES string of the molecule is COc1cccc(C(C)=C2SC(=O)NC2=O)c1. The lowest BCUT2D eigenvalue weighted by Gasteiger charge is -2.06. The number of rotatable bonds is 2. The molecule has 1 aromatic carbocycles. The molecule has 1 aliphatic heterocycles. The van der Waals surface area contributed by atoms with Crippen LogP contribution >= 0.6 is 11.8 Å². The molecule has 1 aromatic rings. The summed E-state index contributed by atoms with van der Waals surface area (Å²) in [5.74, 6) is 0.387. The highest BCUT2D eigenvalue weighted by Gasteiger charge is 2.27. The first-order chi connectivity index (χ1) is 8.11. The molecule has 5 heteroatoms. The summed E-state index contributed by atoms with van der Waals surface area (Å²) in [4.78, 5) is 23.1. The van der Waals surface area contributed by atoms with Gasteiger partial charge in [0, 0.05) is 0 Å². The maximum atomic E-state index is 11.5. The first-order valence-corrected chi connectivity index (χ1v) is 5.82. The smallest absolute Gasteiger partial charge is 0.290 e. The van der Waals surface area contributed by atoms with Crippen LogP contribution in [-0.4, -0.2) is 18.3 Å². The van der Waals surface area contributed by atoms with Gasteiger partial charge in [0.1, 0.15) is 5.75 Å². The van der Waals surface area contributed by atoms with Crippen LogP contribution < -0.4 is 10.1 Å². The summed E-state index contributed by atoms with van der Waals surface area (Å²) >= 11 is 0.929. The maximum absolute atomic E-state index is 11.5. The lowest BCUT2D eigenvalue weighted by molar-refractivity contribution is -0.115. The Labute approximate surface area is 103 Å². The van der Waals surface area contributed by atoms with Gasteiger partial charge in [-0.1, -0.05) is 12.1 Å². The summed E-state index contributed by atoms with van der Waals surface area (Å²) in [6, 6.07) is 7.38. The van der Waals surface area contributed by atoms with Crippen molar-refractivity contribution in [1.82, 2.24) is 5.32 Å². The number of allylic oxidation sites excluding steroid dienone is 1. The molecule has 0 saturated carbocycles. The molecule has 0 spiro atoms. The summed E-state index contributed by atoms with van der Waals surface area (Å²) in [7, 11) is 1.59. The number of ether oxygens (including phenoxy) is 1. The van der Waals surface area contributed by atoms with E-state index in [1.54, 1.807) is 7.11 Å². The van der Waals surface area contributed by atoms with Crippen LogP contribution in [0.4, 0.5) is 4.79 Å². The average molecular weight is 249 g/mol. The van der Waals surface area contributed by atoms with Gasteiger partial charge >= 0.3 is 0 Å². The van der Waals surface area contributed by atoms with E-state index in [0.29, 0.717) is 4.91 Å². The molecule has 88 valence electrons. The predicted molar refractivity (Wildman–Crippen MR) is 66.7 cm³/mol. The van der Waals surface area contributed by atoms with Crippen molar-refractivity contribution in [3.05, 3.63) is 34.7 Å². The first-order valence-electron chi connectivity index (χ1n) is 5.00. The van der Waals surface area contributed by atoms with Crippen molar-refractivity contribution >= 4 is 28.5 Å². The molecule has 17 heavy (non-hydrogen) atoms. The van der Waals surface area contributed by atoms with E-state index in [9.17, 15) is 9.59 Å². The average Bonchev–Trinajstić information content (AvgIpc) is 2.67. The largest absolute Gasteiger partial charge is 0.497 e. The summed E-state index contributed by atoms with van der Waals surface area (Å²) in [6.45, 7) is 1.81. The van der Waals surface area contributed by atoms with Crippen LogP contribution in [-0.2, 0) is 4.79 Å². The molecule has 0 atom stereocenters. The van der Waals surface area contributed by atoms with Gasteiger partial charge in [0.05, 0.1) is 12.0 Å². The van der Waals surface area contributed by atoms with Gasteiger partial charge in [0.15, 0.2) is 0 Å². The van der Waals surface area contributed by atoms with E-state index in [1.807, 2.05) is 31.2 Å². The van der Waals surface area contributed by atoms with Gasteiger partial charge in [0.25, 0.3) is 11.1 Å². The minimum Gasteiger partial charge on any atom is -0.497 e. The molecule has 0 unspecified atom stereocenters. The van der Waals surface area contributed by atoms with E-state index >= 15 is 0 Å². The lowest BCUT2D eigenvalue weighted by Crippen LogP contribution is -2.18. The molecule has 2 amide bonds. The fraction of sp³-hybridized carbons (Fsp3) is 0.167. The second kappa shape index (κ2) is 4.63. The Morgan fingerprint density at radius 1 is 1.35 bits per heavy atom. The van der Waals surface area contributed by atoms with E-state index in [2.05, 4.69) is 5.32 Å². The number of amides is 2. The molecule has 1 saturated heterocycles. The van der Waals surface area contributed by atoms with E-state index < -0.39 is 0 Å². The highest BCUT2D eigenvalue weighted by molar-refractivity contribution is 8.18. The third-order valence-electron chi connectivity index (χ3n) is 2.46. The number of hydrogen-bond donors (Lipinski definition) is 1. The fourth-order valence-electron chi connectivity index (χ4n) is 1.55. The number of imide groups is 1. The minimum absolute atomic E-state index is 0.327. The van der Waals surface area contributed by atoms with E-state index in [-0.39, 0.29) is 11.1 Å². The van der Waals surface area contributed by atoms with Crippen molar-refractivity contribution in [2.24, 2.45) is 0 Å². The van der Waals surface area contributed by atoms with Crippen LogP contribution in [0.5, 0.6) is 5.75 Å². The van der Waals surface area contributed by atoms with Gasteiger partial charge in [0.2, 0.25) is 0 Å². The molecule has 1 heterocycles. The van der Waals surface area contributed by atoms with Crippen LogP contribution in [0.15, 0.2) is 29.2 Å². The molecule has 0 aliphatic carbocycles. The van der Waals surface area contributed by atoms with E-state index in [4.69, 9.17) is 4.74 Å². The number of carbonyl (C=O) groups excluding carboxylic acids is 2. The molecule has 4 nitrogen and oxygen atoms in total. The van der Waals surface area contributed by atoms with Crippen molar-refractivity contribution in [1.29, 1.82) is 0 Å². The Bertz CT molecular complexity index is 522. The molecular formula is C12H11NO3S. The zero-order valence-corrected chi connectivity index (χ0v) is 10.3. The second-order valence-corrected chi connectivity index (χ2v) is 4.51. The molecule has 0 radical (unpaired) electrons. The fourth-order valence-corrected chi connectivity index (χ4v) is 2.29.